The molecule has 0 heterocycles. The molecule has 146 valence electrons. The van der Waals surface area contributed by atoms with Gasteiger partial charge in [-0.2, -0.15) is 5.09 Å². The molecule has 0 aliphatic heterocycles. The van der Waals surface area contributed by atoms with Crippen molar-refractivity contribution >= 4 is 41.2 Å². The molecule has 9 heteroatoms. The van der Waals surface area contributed by atoms with Gasteiger partial charge >= 0.3 is 13.7 Å². The quantitative estimate of drug-likeness (QED) is 0.395. The first kappa shape index (κ1) is 21.8. The Morgan fingerprint density at radius 3 is 2.33 bits per heavy atom. The second-order valence-electron chi connectivity index (χ2n) is 5.88. The molecule has 0 saturated carbocycles. The molecule has 6 nitrogen and oxygen atoms in total. The number of hydrogen-bond donors (Lipinski definition) is 1. The van der Waals surface area contributed by atoms with E-state index in [2.05, 4.69) is 21.0 Å². The molecule has 0 saturated heterocycles. The maximum atomic E-state index is 13.4. The van der Waals surface area contributed by atoms with Crippen molar-refractivity contribution in [3.05, 3.63) is 58.0 Å². The first-order valence-electron chi connectivity index (χ1n) is 8.17. The highest BCUT2D eigenvalue weighted by Crippen LogP contribution is 2.49. The highest BCUT2D eigenvalue weighted by molar-refractivity contribution is 9.10. The van der Waals surface area contributed by atoms with E-state index >= 15 is 0 Å². The zero-order valence-electron chi connectivity index (χ0n) is 15.0. The zero-order chi connectivity index (χ0) is 20.0. The molecule has 0 aliphatic carbocycles. The number of hydrogen-bond acceptors (Lipinski definition) is 5. The Bertz CT molecular complexity index is 814. The molecule has 0 aromatic heterocycles. The molecule has 0 fully saturated rings. The number of halogens is 2. The summed E-state index contributed by atoms with van der Waals surface area (Å²) in [5, 5.41) is 2.84. The average Bonchev–Trinajstić information content (AvgIpc) is 2.58. The Morgan fingerprint density at radius 2 is 1.74 bits per heavy atom. The van der Waals surface area contributed by atoms with Gasteiger partial charge in [0.25, 0.3) is 0 Å². The molecule has 2 aromatic carbocycles. The lowest BCUT2D eigenvalue weighted by molar-refractivity contribution is -0.149. The van der Waals surface area contributed by atoms with Crippen LogP contribution in [-0.4, -0.2) is 18.1 Å². The van der Waals surface area contributed by atoms with Crippen LogP contribution in [0.4, 0.5) is 0 Å². The summed E-state index contributed by atoms with van der Waals surface area (Å²) in [7, 11) is -4.04. The highest BCUT2D eigenvalue weighted by Gasteiger charge is 2.35. The van der Waals surface area contributed by atoms with Gasteiger partial charge in [-0.1, -0.05) is 35.9 Å². The lowest BCUT2D eigenvalue weighted by Gasteiger charge is -2.24. The van der Waals surface area contributed by atoms with E-state index in [1.165, 1.54) is 6.92 Å². The molecule has 0 aliphatic rings. The molecule has 0 radical (unpaired) electrons. The summed E-state index contributed by atoms with van der Waals surface area (Å²) in [6.07, 6.45) is -0.310. The predicted octanol–water partition coefficient (Wildman–Crippen LogP) is 5.60. The third-order valence-electron chi connectivity index (χ3n) is 3.16. The summed E-state index contributed by atoms with van der Waals surface area (Å²) < 4.78 is 30.2. The normalized spacial score (nSPS) is 14.3. The molecule has 1 unspecified atom stereocenters. The van der Waals surface area contributed by atoms with Crippen molar-refractivity contribution in [3.8, 4) is 11.5 Å². The maximum absolute atomic E-state index is 13.4. The van der Waals surface area contributed by atoms with Gasteiger partial charge in [0.05, 0.1) is 15.6 Å². The minimum absolute atomic E-state index is 0.135. The van der Waals surface area contributed by atoms with Crippen molar-refractivity contribution in [3.63, 3.8) is 0 Å². The number of esters is 1. The van der Waals surface area contributed by atoms with Gasteiger partial charge in [-0.3, -0.25) is 4.79 Å². The molecule has 27 heavy (non-hydrogen) atoms. The number of carbonyl (C=O) groups is 1. The second-order valence-corrected chi connectivity index (χ2v) is 8.76. The van der Waals surface area contributed by atoms with Crippen molar-refractivity contribution < 1.29 is 23.1 Å². The van der Waals surface area contributed by atoms with Crippen molar-refractivity contribution in [2.75, 3.05) is 0 Å². The van der Waals surface area contributed by atoms with Gasteiger partial charge < -0.3 is 13.8 Å². The monoisotopic (exact) mass is 475 g/mol. The first-order chi connectivity index (χ1) is 12.7. The number of para-hydroxylation sites is 2. The summed E-state index contributed by atoms with van der Waals surface area (Å²) in [5.74, 6) is -0.139. The molecule has 0 spiro atoms. The fourth-order valence-electron chi connectivity index (χ4n) is 2.01. The van der Waals surface area contributed by atoms with Crippen LogP contribution in [0.1, 0.15) is 20.8 Å². The topological polar surface area (TPSA) is 73.9 Å². The van der Waals surface area contributed by atoms with E-state index in [9.17, 15) is 9.36 Å². The van der Waals surface area contributed by atoms with E-state index in [0.29, 0.717) is 10.2 Å². The Morgan fingerprint density at radius 1 is 1.07 bits per heavy atom. The number of benzene rings is 2. The predicted molar refractivity (Wildman–Crippen MR) is 108 cm³/mol. The Kier molecular flexibility index (Phi) is 7.74. The van der Waals surface area contributed by atoms with E-state index in [1.807, 2.05) is 0 Å². The maximum Gasteiger partial charge on any atom is 0.513 e. The number of ether oxygens (including phenoxy) is 1. The third-order valence-corrected chi connectivity index (χ3v) is 5.66. The van der Waals surface area contributed by atoms with Gasteiger partial charge in [0.2, 0.25) is 0 Å². The van der Waals surface area contributed by atoms with Crippen LogP contribution in [0, 0.1) is 0 Å². The third kappa shape index (κ3) is 6.54. The fraction of sp³-hybridized carbons (Fsp3) is 0.278. The van der Waals surface area contributed by atoms with Gasteiger partial charge in [-0.05, 0) is 61.0 Å². The molecule has 2 atom stereocenters. The van der Waals surface area contributed by atoms with E-state index in [-0.39, 0.29) is 16.9 Å². The van der Waals surface area contributed by atoms with E-state index in [1.54, 1.807) is 62.4 Å². The SMILES string of the molecule is CC(C)OC(=O)[C@H](C)NP(=O)(Oc1ccccc1)Oc1c(Cl)cccc1Br. The van der Waals surface area contributed by atoms with Crippen molar-refractivity contribution in [1.29, 1.82) is 0 Å². The van der Waals surface area contributed by atoms with Gasteiger partial charge in [-0.25, -0.2) is 4.57 Å². The van der Waals surface area contributed by atoms with Crippen molar-refractivity contribution in [2.45, 2.75) is 32.9 Å². The zero-order valence-corrected chi connectivity index (χ0v) is 18.3. The smallest absolute Gasteiger partial charge is 0.462 e. The Hall–Kier alpha value is -1.53. The first-order valence-corrected chi connectivity index (χ1v) is 10.9. The van der Waals surface area contributed by atoms with Crippen LogP contribution in [-0.2, 0) is 14.1 Å². The minimum Gasteiger partial charge on any atom is -0.462 e. The van der Waals surface area contributed by atoms with Crippen LogP contribution in [0.3, 0.4) is 0 Å². The molecular formula is C18H20BrClNO5P. The van der Waals surface area contributed by atoms with Crippen molar-refractivity contribution in [1.82, 2.24) is 5.09 Å². The van der Waals surface area contributed by atoms with Gasteiger partial charge in [0.15, 0.2) is 5.75 Å². The lowest BCUT2D eigenvalue weighted by Crippen LogP contribution is -2.36. The number of carbonyl (C=O) groups excluding carboxylic acids is 1. The van der Waals surface area contributed by atoms with Crippen LogP contribution >= 0.6 is 35.3 Å². The van der Waals surface area contributed by atoms with Crippen LogP contribution in [0.2, 0.25) is 5.02 Å². The molecule has 1 N–H and O–H groups in total. The minimum atomic E-state index is -4.04. The molecule has 2 rings (SSSR count). The summed E-state index contributed by atoms with van der Waals surface area (Å²) >= 11 is 9.46. The van der Waals surface area contributed by atoms with Crippen LogP contribution in [0.5, 0.6) is 11.5 Å². The van der Waals surface area contributed by atoms with Gasteiger partial charge in [0, 0.05) is 0 Å². The van der Waals surface area contributed by atoms with E-state index < -0.39 is 19.8 Å². The van der Waals surface area contributed by atoms with Crippen LogP contribution in [0.15, 0.2) is 53.0 Å². The van der Waals surface area contributed by atoms with Gasteiger partial charge in [0.1, 0.15) is 11.8 Å². The molecule has 0 amide bonds. The van der Waals surface area contributed by atoms with E-state index in [4.69, 9.17) is 25.4 Å². The molecular weight excluding hydrogens is 457 g/mol. The Labute approximate surface area is 171 Å². The van der Waals surface area contributed by atoms with Crippen molar-refractivity contribution in [2.24, 2.45) is 0 Å². The number of nitrogens with one attached hydrogen (secondary N) is 1. The van der Waals surface area contributed by atoms with Crippen LogP contribution in [0.25, 0.3) is 0 Å². The summed E-state index contributed by atoms with van der Waals surface area (Å²) in [5.41, 5.74) is 0. The lowest BCUT2D eigenvalue weighted by atomic mass is 10.3. The van der Waals surface area contributed by atoms with Gasteiger partial charge in [-0.15, -0.1) is 0 Å². The average molecular weight is 477 g/mol. The highest BCUT2D eigenvalue weighted by atomic mass is 79.9. The summed E-state index contributed by atoms with van der Waals surface area (Å²) in [6.45, 7) is 4.96. The molecule has 0 bridgehead atoms. The second kappa shape index (κ2) is 9.60. The fourth-order valence-corrected chi connectivity index (χ4v) is 4.52. The summed E-state index contributed by atoms with van der Waals surface area (Å²) in [6, 6.07) is 12.5. The standard InChI is InChI=1S/C18H20BrClNO5P/c1-12(2)24-18(22)13(3)21-27(23,25-14-8-5-4-6-9-14)26-17-15(19)10-7-11-16(17)20/h4-13H,1-3H3,(H,21,23)/t13-,27?/m0/s1. The van der Waals surface area contributed by atoms with Crippen LogP contribution < -0.4 is 14.1 Å². The summed E-state index contributed by atoms with van der Waals surface area (Å²) in [4.78, 5) is 12.1. The Balaban J connectivity index is 2.30. The largest absolute Gasteiger partial charge is 0.513 e. The van der Waals surface area contributed by atoms with E-state index in [0.717, 1.165) is 0 Å². The number of rotatable bonds is 8. The molecule has 2 aromatic rings.